The van der Waals surface area contributed by atoms with Crippen molar-refractivity contribution in [2.45, 2.75) is 45.8 Å². The number of carbonyl (C=O) groups is 2. The van der Waals surface area contributed by atoms with Gasteiger partial charge in [0.15, 0.2) is 5.13 Å². The van der Waals surface area contributed by atoms with Gasteiger partial charge >= 0.3 is 0 Å². The fourth-order valence-corrected chi connectivity index (χ4v) is 6.09. The van der Waals surface area contributed by atoms with Gasteiger partial charge in [-0.2, -0.15) is 0 Å². The van der Waals surface area contributed by atoms with Gasteiger partial charge < -0.3 is 9.80 Å². The largest absolute Gasteiger partial charge is 0.369 e. The van der Waals surface area contributed by atoms with Gasteiger partial charge in [-0.25, -0.2) is 4.98 Å². The number of carbonyl (C=O) groups excluding carboxylic acids is 2. The van der Waals surface area contributed by atoms with E-state index < -0.39 is 6.04 Å². The molecule has 0 radical (unpaired) electrons. The van der Waals surface area contributed by atoms with Crippen molar-refractivity contribution in [3.05, 3.63) is 102 Å². The third kappa shape index (κ3) is 6.40. The molecule has 1 aromatic heterocycles. The lowest BCUT2D eigenvalue weighted by atomic mass is 10.00. The smallest absolute Gasteiger partial charge is 0.255 e. The predicted octanol–water partition coefficient (Wildman–Crippen LogP) is 6.38. The Balaban J connectivity index is 1.33. The molecular weight excluding hydrogens is 542 g/mol. The average Bonchev–Trinajstić information content (AvgIpc) is 3.60. The van der Waals surface area contributed by atoms with Crippen molar-refractivity contribution in [1.29, 1.82) is 0 Å². The molecule has 0 saturated carbocycles. The molecule has 2 aromatic carbocycles. The van der Waals surface area contributed by atoms with Gasteiger partial charge in [0.25, 0.3) is 11.8 Å². The molecule has 218 valence electrons. The Morgan fingerprint density at radius 1 is 1.05 bits per heavy atom. The summed E-state index contributed by atoms with van der Waals surface area (Å²) in [4.78, 5) is 37.9. The monoisotopic (exact) mass is 581 g/mol. The first kappa shape index (κ1) is 29.5. The maximum Gasteiger partial charge on any atom is 0.255 e. The van der Waals surface area contributed by atoms with Crippen LogP contribution in [0.3, 0.4) is 0 Å². The minimum atomic E-state index is -0.864. The number of anilines is 2. The molecule has 2 aliphatic rings. The third-order valence-electron chi connectivity index (χ3n) is 7.92. The number of nitrogens with one attached hydrogen (secondary N) is 1. The van der Waals surface area contributed by atoms with Gasteiger partial charge in [0.2, 0.25) is 0 Å². The zero-order valence-corrected chi connectivity index (χ0v) is 25.7. The predicted molar refractivity (Wildman–Crippen MR) is 173 cm³/mol. The van der Waals surface area contributed by atoms with Crippen LogP contribution in [0.25, 0.3) is 11.1 Å². The first-order valence-corrected chi connectivity index (χ1v) is 15.3. The van der Waals surface area contributed by atoms with Crippen LogP contribution in [0, 0.1) is 0 Å². The second kappa shape index (κ2) is 12.5. The number of nitrogens with zero attached hydrogens (tertiary/aromatic N) is 4. The lowest BCUT2D eigenvalue weighted by Crippen LogP contribution is -2.53. The summed E-state index contributed by atoms with van der Waals surface area (Å²) in [7, 11) is 0. The van der Waals surface area contributed by atoms with Crippen molar-refractivity contribution in [1.82, 2.24) is 14.8 Å². The fourth-order valence-electron chi connectivity index (χ4n) is 5.56. The van der Waals surface area contributed by atoms with Gasteiger partial charge in [-0.1, -0.05) is 55.1 Å². The topological polar surface area (TPSA) is 68.8 Å². The summed E-state index contributed by atoms with van der Waals surface area (Å²) < 4.78 is 0. The van der Waals surface area contributed by atoms with Crippen molar-refractivity contribution >= 4 is 34.0 Å². The molecule has 1 atom stereocenters. The Labute approximate surface area is 252 Å². The van der Waals surface area contributed by atoms with E-state index in [1.54, 1.807) is 22.6 Å². The normalized spacial score (nSPS) is 16.8. The van der Waals surface area contributed by atoms with Crippen LogP contribution < -0.4 is 10.2 Å². The van der Waals surface area contributed by atoms with E-state index in [2.05, 4.69) is 77.8 Å². The second-order valence-corrected chi connectivity index (χ2v) is 12.6. The number of thiazole rings is 1. The summed E-state index contributed by atoms with van der Waals surface area (Å²) in [5.41, 5.74) is 5.48. The van der Waals surface area contributed by atoms with Gasteiger partial charge in [0.1, 0.15) is 6.04 Å². The number of amides is 2. The average molecular weight is 582 g/mol. The van der Waals surface area contributed by atoms with E-state index >= 15 is 0 Å². The molecule has 1 saturated heterocycles. The summed E-state index contributed by atoms with van der Waals surface area (Å²) in [6.45, 7) is 17.3. The first-order chi connectivity index (χ1) is 20.2. The minimum absolute atomic E-state index is 0.180. The molecule has 0 bridgehead atoms. The van der Waals surface area contributed by atoms with E-state index in [4.69, 9.17) is 0 Å². The van der Waals surface area contributed by atoms with Crippen LogP contribution in [0.1, 0.15) is 43.6 Å². The van der Waals surface area contributed by atoms with E-state index in [0.29, 0.717) is 22.8 Å². The van der Waals surface area contributed by atoms with Gasteiger partial charge in [-0.05, 0) is 68.2 Å². The molecule has 1 fully saturated rings. The third-order valence-corrected chi connectivity index (χ3v) is 8.61. The molecule has 0 aliphatic carbocycles. The molecule has 8 heteroatoms. The lowest BCUT2D eigenvalue weighted by Gasteiger charge is -2.43. The van der Waals surface area contributed by atoms with Crippen LogP contribution in [-0.4, -0.2) is 64.4 Å². The minimum Gasteiger partial charge on any atom is -0.369 e. The van der Waals surface area contributed by atoms with E-state index in [-0.39, 0.29) is 17.4 Å². The van der Waals surface area contributed by atoms with Crippen LogP contribution >= 0.6 is 11.3 Å². The van der Waals surface area contributed by atoms with E-state index in [9.17, 15) is 9.59 Å². The highest BCUT2D eigenvalue weighted by atomic mass is 32.1. The number of hydrogen-bond donors (Lipinski definition) is 1. The number of piperazine rings is 1. The molecule has 3 aromatic rings. The van der Waals surface area contributed by atoms with E-state index in [1.807, 2.05) is 37.3 Å². The van der Waals surface area contributed by atoms with Gasteiger partial charge in [0, 0.05) is 61.1 Å². The molecule has 0 unspecified atom stereocenters. The number of aromatic nitrogens is 1. The molecule has 3 heterocycles. The highest BCUT2D eigenvalue weighted by Crippen LogP contribution is 2.32. The van der Waals surface area contributed by atoms with Crippen molar-refractivity contribution < 1.29 is 9.59 Å². The Bertz CT molecular complexity index is 1490. The van der Waals surface area contributed by atoms with Crippen LogP contribution in [0.5, 0.6) is 0 Å². The lowest BCUT2D eigenvalue weighted by molar-refractivity contribution is -0.119. The number of rotatable bonds is 8. The maximum absolute atomic E-state index is 13.8. The van der Waals surface area contributed by atoms with Crippen molar-refractivity contribution in [3.63, 3.8) is 0 Å². The van der Waals surface area contributed by atoms with Crippen molar-refractivity contribution in [2.75, 3.05) is 36.4 Å². The van der Waals surface area contributed by atoms with Crippen LogP contribution in [0.2, 0.25) is 0 Å². The van der Waals surface area contributed by atoms with E-state index in [1.165, 1.54) is 17.0 Å². The Morgan fingerprint density at radius 3 is 2.40 bits per heavy atom. The maximum atomic E-state index is 13.8. The van der Waals surface area contributed by atoms with Crippen molar-refractivity contribution in [2.24, 2.45) is 0 Å². The van der Waals surface area contributed by atoms with Crippen LogP contribution in [-0.2, 0) is 11.3 Å². The van der Waals surface area contributed by atoms with Gasteiger partial charge in [-0.3, -0.25) is 19.8 Å². The zero-order valence-electron chi connectivity index (χ0n) is 24.8. The summed E-state index contributed by atoms with van der Waals surface area (Å²) in [5, 5.41) is 5.13. The zero-order chi connectivity index (χ0) is 29.9. The van der Waals surface area contributed by atoms with Crippen molar-refractivity contribution in [3.8, 4) is 11.1 Å². The number of fused-ring (bicyclic) bond motifs is 1. The van der Waals surface area contributed by atoms with Crippen LogP contribution in [0.4, 0.5) is 10.8 Å². The summed E-state index contributed by atoms with van der Waals surface area (Å²) in [6.07, 6.45) is 9.00. The number of benzene rings is 2. The molecule has 42 heavy (non-hydrogen) atoms. The Morgan fingerprint density at radius 2 is 1.76 bits per heavy atom. The summed E-state index contributed by atoms with van der Waals surface area (Å²) in [6, 6.07) is 13.7. The summed E-state index contributed by atoms with van der Waals surface area (Å²) in [5.74, 6) is -0.513. The highest BCUT2D eigenvalue weighted by molar-refractivity contribution is 7.13. The highest BCUT2D eigenvalue weighted by Gasteiger charge is 2.38. The fraction of sp³-hybridized carbons (Fsp3) is 0.324. The SMILES string of the molecule is C=C(/C=C\C=C/C)[C@@H](C(=O)Nc1nccs1)N1Cc2ccc(-c3ccc(N4CCN(C(C)(C)C)CC4)cc3)cc2C1=O. The number of hydrogen-bond acceptors (Lipinski definition) is 6. The molecule has 2 aliphatic heterocycles. The second-order valence-electron chi connectivity index (χ2n) is 11.7. The standard InChI is InChI=1S/C34H39N5O2S/c1-6-7-8-9-24(2)30(31(40)36-33-35-16-21-42-33)39-23-27-11-10-26(22-29(27)32(39)41)25-12-14-28(15-13-25)37-17-19-38(20-18-37)34(3,4)5/h6-16,21-22,30H,2,17-20,23H2,1,3-5H3,(H,35,36,40)/b7-6-,9-8-/t30-/m0/s1. The Kier molecular flexibility index (Phi) is 8.75. The van der Waals surface area contributed by atoms with Crippen LogP contribution in [0.15, 0.2) is 90.5 Å². The molecule has 5 rings (SSSR count). The molecule has 7 nitrogen and oxygen atoms in total. The molecule has 0 spiro atoms. The quantitative estimate of drug-likeness (QED) is 0.313. The van der Waals surface area contributed by atoms with E-state index in [0.717, 1.165) is 42.9 Å². The first-order valence-electron chi connectivity index (χ1n) is 14.4. The molecule has 1 N–H and O–H groups in total. The van der Waals surface area contributed by atoms with Gasteiger partial charge in [0.05, 0.1) is 0 Å². The molecule has 2 amide bonds. The summed E-state index contributed by atoms with van der Waals surface area (Å²) >= 11 is 1.33. The Hall–Kier alpha value is -4.01. The van der Waals surface area contributed by atoms with Gasteiger partial charge in [-0.15, -0.1) is 11.3 Å². The molecular formula is C34H39N5O2S. The number of allylic oxidation sites excluding steroid dienone is 3.